The van der Waals surface area contributed by atoms with Gasteiger partial charge in [-0.05, 0) is 16.7 Å². The highest BCUT2D eigenvalue weighted by molar-refractivity contribution is 7.48. The molecular formula is C27H27O7P. The molecule has 0 N–H and O–H groups in total. The van der Waals surface area contributed by atoms with Gasteiger partial charge < -0.3 is 14.2 Å². The summed E-state index contributed by atoms with van der Waals surface area (Å²) in [6.45, 7) is 1.08. The molecule has 8 heteroatoms. The first-order valence-corrected chi connectivity index (χ1v) is 13.3. The van der Waals surface area contributed by atoms with E-state index in [-0.39, 0.29) is 0 Å². The fraction of sp³-hybridized carbons (Fsp3) is 0.333. The molecule has 0 radical (unpaired) electrons. The zero-order valence-electron chi connectivity index (χ0n) is 19.1. The van der Waals surface area contributed by atoms with E-state index in [4.69, 9.17) is 27.8 Å². The second-order valence-corrected chi connectivity index (χ2v) is 10.5. The van der Waals surface area contributed by atoms with E-state index >= 15 is 0 Å². The largest absolute Gasteiger partial charge is 0.476 e. The Hall–Kier alpha value is -2.35. The van der Waals surface area contributed by atoms with Crippen LogP contribution >= 0.6 is 7.82 Å². The molecule has 35 heavy (non-hydrogen) atoms. The first kappa shape index (κ1) is 23.1. The smallest absolute Gasteiger partial charge is 0.368 e. The Kier molecular flexibility index (Phi) is 6.56. The van der Waals surface area contributed by atoms with Gasteiger partial charge in [-0.2, -0.15) is 0 Å². The van der Waals surface area contributed by atoms with Crippen LogP contribution in [0.15, 0.2) is 91.0 Å². The Labute approximate surface area is 204 Å². The quantitative estimate of drug-likeness (QED) is 0.386. The molecule has 3 aliphatic heterocycles. The van der Waals surface area contributed by atoms with E-state index in [0.717, 1.165) is 16.7 Å². The van der Waals surface area contributed by atoms with Crippen molar-refractivity contribution in [1.82, 2.24) is 0 Å². The first-order chi connectivity index (χ1) is 17.2. The maximum Gasteiger partial charge on any atom is 0.476 e. The molecule has 0 spiro atoms. The number of phosphoric acid groups is 1. The monoisotopic (exact) mass is 494 g/mol. The van der Waals surface area contributed by atoms with Crippen molar-refractivity contribution in [2.75, 3.05) is 0 Å². The third-order valence-corrected chi connectivity index (χ3v) is 8.06. The van der Waals surface area contributed by atoms with Crippen LogP contribution in [0.25, 0.3) is 0 Å². The fourth-order valence-corrected chi connectivity index (χ4v) is 6.64. The molecule has 1 aliphatic carbocycles. The minimum atomic E-state index is -3.71. The fourth-order valence-electron chi connectivity index (χ4n) is 4.87. The van der Waals surface area contributed by atoms with Gasteiger partial charge in [0.2, 0.25) is 0 Å². The number of hydrogen-bond donors (Lipinski definition) is 0. The summed E-state index contributed by atoms with van der Waals surface area (Å²) in [5.74, 6) is 0. The van der Waals surface area contributed by atoms with E-state index < -0.39 is 44.4 Å². The van der Waals surface area contributed by atoms with Crippen molar-refractivity contribution < 1.29 is 32.3 Å². The van der Waals surface area contributed by atoms with E-state index in [1.807, 2.05) is 91.0 Å². The number of rotatable bonds is 9. The summed E-state index contributed by atoms with van der Waals surface area (Å²) in [5.41, 5.74) is 3.06. The average molecular weight is 494 g/mol. The van der Waals surface area contributed by atoms with E-state index in [0.29, 0.717) is 19.8 Å². The second kappa shape index (κ2) is 9.96. The molecule has 3 aromatic carbocycles. The van der Waals surface area contributed by atoms with Crippen LogP contribution in [0.1, 0.15) is 16.7 Å². The second-order valence-electron chi connectivity index (χ2n) is 8.94. The number of phosphoric ester groups is 1. The van der Waals surface area contributed by atoms with Crippen molar-refractivity contribution in [3.05, 3.63) is 108 Å². The Morgan fingerprint density at radius 2 is 0.800 bits per heavy atom. The van der Waals surface area contributed by atoms with Gasteiger partial charge in [0.25, 0.3) is 0 Å². The van der Waals surface area contributed by atoms with E-state index in [1.54, 1.807) is 0 Å². The van der Waals surface area contributed by atoms with Gasteiger partial charge in [-0.15, -0.1) is 0 Å². The molecular weight excluding hydrogens is 467 g/mol. The maximum atomic E-state index is 13.1. The summed E-state index contributed by atoms with van der Waals surface area (Å²) >= 11 is 0. The average Bonchev–Trinajstić information content (AvgIpc) is 2.89. The number of hydrogen-bond acceptors (Lipinski definition) is 7. The lowest BCUT2D eigenvalue weighted by molar-refractivity contribution is -0.303. The summed E-state index contributed by atoms with van der Waals surface area (Å²) in [7, 11) is -3.71. The third kappa shape index (κ3) is 4.86. The molecule has 7 nitrogen and oxygen atoms in total. The number of ether oxygens (including phenoxy) is 3. The predicted octanol–water partition coefficient (Wildman–Crippen LogP) is 5.05. The number of benzene rings is 3. The molecule has 4 bridgehead atoms. The van der Waals surface area contributed by atoms with Crippen LogP contribution in [0.4, 0.5) is 0 Å². The molecule has 0 aromatic heterocycles. The van der Waals surface area contributed by atoms with Gasteiger partial charge in [0.05, 0.1) is 19.8 Å². The Morgan fingerprint density at radius 3 is 1.09 bits per heavy atom. The van der Waals surface area contributed by atoms with Gasteiger partial charge in [-0.3, -0.25) is 13.6 Å². The van der Waals surface area contributed by atoms with Crippen molar-refractivity contribution in [3.8, 4) is 0 Å². The molecule has 182 valence electrons. The molecule has 3 aromatic rings. The van der Waals surface area contributed by atoms with Gasteiger partial charge in [0, 0.05) is 0 Å². The normalized spacial score (nSPS) is 33.1. The molecule has 4 aliphatic rings. The lowest BCUT2D eigenvalue weighted by atomic mass is 9.84. The van der Waals surface area contributed by atoms with Crippen molar-refractivity contribution in [3.63, 3.8) is 0 Å². The molecule has 4 fully saturated rings. The topological polar surface area (TPSA) is 72.5 Å². The Balaban J connectivity index is 1.26. The van der Waals surface area contributed by atoms with Crippen LogP contribution in [0.5, 0.6) is 0 Å². The zero-order chi connectivity index (χ0) is 23.7. The molecule has 0 amide bonds. The minimum absolute atomic E-state index is 0.359. The molecule has 0 unspecified atom stereocenters. The van der Waals surface area contributed by atoms with Gasteiger partial charge in [0.1, 0.15) is 36.6 Å². The molecule has 3 heterocycles. The highest BCUT2D eigenvalue weighted by atomic mass is 31.2. The highest BCUT2D eigenvalue weighted by Gasteiger charge is 2.68. The standard InChI is InChI=1S/C27H27O7P/c28-35-32-25-22(29-16-19-10-4-1-5-11-19)26(33-35)24(31-18-21-14-8-3-9-15-21)27(34-35)23(25)30-17-20-12-6-2-7-13-20/h1-15,22-27H,16-18H2. The van der Waals surface area contributed by atoms with E-state index in [2.05, 4.69) is 0 Å². The summed E-state index contributed by atoms with van der Waals surface area (Å²) in [6.07, 6.45) is -3.37. The van der Waals surface area contributed by atoms with Gasteiger partial charge in [-0.1, -0.05) is 91.0 Å². The summed E-state index contributed by atoms with van der Waals surface area (Å²) in [4.78, 5) is 0. The molecule has 7 rings (SSSR count). The van der Waals surface area contributed by atoms with Crippen LogP contribution in [-0.4, -0.2) is 36.6 Å². The van der Waals surface area contributed by atoms with Crippen molar-refractivity contribution in [2.45, 2.75) is 56.4 Å². The van der Waals surface area contributed by atoms with Crippen molar-refractivity contribution >= 4 is 7.82 Å². The zero-order valence-corrected chi connectivity index (χ0v) is 19.9. The summed E-state index contributed by atoms with van der Waals surface area (Å²) in [6, 6.07) is 29.6. The lowest BCUT2D eigenvalue weighted by Crippen LogP contribution is -2.72. The molecule has 1 saturated carbocycles. The van der Waals surface area contributed by atoms with Crippen LogP contribution in [-0.2, 0) is 52.2 Å². The third-order valence-electron chi connectivity index (χ3n) is 6.55. The Bertz CT molecular complexity index is 1000. The SMILES string of the molecule is O=P12OC3C(OCc4ccccc4)C(O1)C(OCc1ccccc1)C(O2)C3OCc1ccccc1. The Morgan fingerprint density at radius 1 is 0.514 bits per heavy atom. The lowest BCUT2D eigenvalue weighted by Gasteiger charge is -2.57. The maximum absolute atomic E-state index is 13.1. The van der Waals surface area contributed by atoms with Crippen LogP contribution < -0.4 is 0 Å². The minimum Gasteiger partial charge on any atom is -0.368 e. The van der Waals surface area contributed by atoms with Crippen molar-refractivity contribution in [2.24, 2.45) is 0 Å². The van der Waals surface area contributed by atoms with Crippen LogP contribution in [0.3, 0.4) is 0 Å². The van der Waals surface area contributed by atoms with Crippen LogP contribution in [0.2, 0.25) is 0 Å². The van der Waals surface area contributed by atoms with Gasteiger partial charge in [0.15, 0.2) is 0 Å². The highest BCUT2D eigenvalue weighted by Crippen LogP contribution is 2.66. The van der Waals surface area contributed by atoms with E-state index in [1.165, 1.54) is 0 Å². The van der Waals surface area contributed by atoms with Gasteiger partial charge in [-0.25, -0.2) is 4.57 Å². The van der Waals surface area contributed by atoms with E-state index in [9.17, 15) is 4.57 Å². The summed E-state index contributed by atoms with van der Waals surface area (Å²) < 4.78 is 49.6. The molecule has 3 saturated heterocycles. The summed E-state index contributed by atoms with van der Waals surface area (Å²) in [5, 5.41) is 0. The molecule has 0 atom stereocenters. The van der Waals surface area contributed by atoms with Crippen LogP contribution in [0, 0.1) is 0 Å². The predicted molar refractivity (Wildman–Crippen MR) is 127 cm³/mol. The van der Waals surface area contributed by atoms with Gasteiger partial charge >= 0.3 is 7.82 Å². The van der Waals surface area contributed by atoms with Crippen molar-refractivity contribution in [1.29, 1.82) is 0 Å². The first-order valence-electron chi connectivity index (χ1n) is 11.8.